The van der Waals surface area contributed by atoms with E-state index in [-0.39, 0.29) is 18.1 Å². The van der Waals surface area contributed by atoms with Crippen LogP contribution in [-0.4, -0.2) is 69.9 Å². The summed E-state index contributed by atoms with van der Waals surface area (Å²) in [7, 11) is 3.22. The van der Waals surface area contributed by atoms with Crippen LogP contribution in [0.3, 0.4) is 0 Å². The molecule has 28 heavy (non-hydrogen) atoms. The van der Waals surface area contributed by atoms with Crippen LogP contribution >= 0.6 is 11.6 Å². The maximum Gasteiger partial charge on any atom is 0.255 e. The quantitative estimate of drug-likeness (QED) is 0.619. The average Bonchev–Trinajstić information content (AvgIpc) is 2.71. The molecule has 0 radical (unpaired) electrons. The van der Waals surface area contributed by atoms with Crippen molar-refractivity contribution < 1.29 is 14.3 Å². The molecule has 2 aliphatic heterocycles. The minimum absolute atomic E-state index is 0.0466. The Morgan fingerprint density at radius 1 is 1.32 bits per heavy atom. The van der Waals surface area contributed by atoms with Crippen LogP contribution in [-0.2, 0) is 4.74 Å². The van der Waals surface area contributed by atoms with Crippen molar-refractivity contribution in [1.82, 2.24) is 15.5 Å². The zero-order chi connectivity index (χ0) is 20.1. The van der Waals surface area contributed by atoms with E-state index in [4.69, 9.17) is 26.8 Å². The molecule has 0 saturated carbocycles. The van der Waals surface area contributed by atoms with Gasteiger partial charge in [0.15, 0.2) is 0 Å². The number of nitrogens with two attached hydrogens (primary N) is 1. The number of nitrogens with zero attached hydrogens (tertiary/aromatic N) is 1. The van der Waals surface area contributed by atoms with Gasteiger partial charge in [0.2, 0.25) is 0 Å². The van der Waals surface area contributed by atoms with Gasteiger partial charge in [-0.15, -0.1) is 0 Å². The van der Waals surface area contributed by atoms with E-state index >= 15 is 0 Å². The Hall–Kier alpha value is -1.54. The molecule has 0 aromatic heterocycles. The highest BCUT2D eigenvalue weighted by atomic mass is 35.5. The van der Waals surface area contributed by atoms with E-state index in [1.165, 1.54) is 20.0 Å². The van der Waals surface area contributed by atoms with Crippen molar-refractivity contribution in [2.45, 2.75) is 31.4 Å². The molecule has 0 spiro atoms. The van der Waals surface area contributed by atoms with Gasteiger partial charge in [-0.25, -0.2) is 0 Å². The Balaban J connectivity index is 1.61. The van der Waals surface area contributed by atoms with Gasteiger partial charge < -0.3 is 30.7 Å². The lowest BCUT2D eigenvalue weighted by Crippen LogP contribution is -2.55. The minimum Gasteiger partial charge on any atom is -0.496 e. The van der Waals surface area contributed by atoms with Crippen molar-refractivity contribution in [3.63, 3.8) is 0 Å². The maximum atomic E-state index is 12.8. The molecule has 4 N–H and O–H groups in total. The molecule has 8 heteroatoms. The first-order chi connectivity index (χ1) is 13.5. The second-order valence-corrected chi connectivity index (χ2v) is 8.08. The van der Waals surface area contributed by atoms with Crippen molar-refractivity contribution in [2.24, 2.45) is 5.92 Å². The SMILES string of the molecule is COc1cc(N)c(Cl)cc1C(=O)N[C@H]1CCN(CC2CCNCC2)C[C@H]1OC. The fourth-order valence-electron chi connectivity index (χ4n) is 4.14. The molecule has 156 valence electrons. The van der Waals surface area contributed by atoms with Crippen LogP contribution in [0.5, 0.6) is 5.75 Å². The molecule has 2 fully saturated rings. The summed E-state index contributed by atoms with van der Waals surface area (Å²) in [6.45, 7) is 5.09. The fraction of sp³-hybridized carbons (Fsp3) is 0.650. The highest BCUT2D eigenvalue weighted by molar-refractivity contribution is 6.33. The van der Waals surface area contributed by atoms with Crippen LogP contribution in [0.4, 0.5) is 5.69 Å². The molecule has 1 amide bonds. The molecule has 0 unspecified atom stereocenters. The number of nitrogen functional groups attached to an aromatic ring is 1. The summed E-state index contributed by atoms with van der Waals surface area (Å²) in [6.07, 6.45) is 3.26. The van der Waals surface area contributed by atoms with E-state index in [1.54, 1.807) is 19.2 Å². The van der Waals surface area contributed by atoms with Crippen molar-refractivity contribution in [3.8, 4) is 5.75 Å². The number of benzene rings is 1. The number of piperidine rings is 2. The van der Waals surface area contributed by atoms with E-state index in [9.17, 15) is 4.79 Å². The van der Waals surface area contributed by atoms with Crippen molar-refractivity contribution in [3.05, 3.63) is 22.7 Å². The van der Waals surface area contributed by atoms with E-state index in [0.29, 0.717) is 22.0 Å². The summed E-state index contributed by atoms with van der Waals surface area (Å²) >= 11 is 6.10. The maximum absolute atomic E-state index is 12.8. The number of methoxy groups -OCH3 is 2. The summed E-state index contributed by atoms with van der Waals surface area (Å²) in [6, 6.07) is 3.08. The van der Waals surface area contributed by atoms with Gasteiger partial charge in [0, 0.05) is 32.8 Å². The third kappa shape index (κ3) is 5.08. The van der Waals surface area contributed by atoms with Gasteiger partial charge >= 0.3 is 0 Å². The molecule has 0 aliphatic carbocycles. The van der Waals surface area contributed by atoms with Crippen LogP contribution in [0.25, 0.3) is 0 Å². The lowest BCUT2D eigenvalue weighted by Gasteiger charge is -2.40. The number of rotatable bonds is 6. The largest absolute Gasteiger partial charge is 0.496 e. The number of nitrogens with one attached hydrogen (secondary N) is 2. The zero-order valence-electron chi connectivity index (χ0n) is 16.7. The van der Waals surface area contributed by atoms with Crippen molar-refractivity contribution in [1.29, 1.82) is 0 Å². The number of hydrogen-bond donors (Lipinski definition) is 3. The van der Waals surface area contributed by atoms with Crippen LogP contribution in [0.2, 0.25) is 5.02 Å². The second kappa shape index (κ2) is 9.78. The van der Waals surface area contributed by atoms with Gasteiger partial charge in [-0.1, -0.05) is 11.6 Å². The van der Waals surface area contributed by atoms with Gasteiger partial charge in [0.1, 0.15) is 5.75 Å². The summed E-state index contributed by atoms with van der Waals surface area (Å²) in [5.41, 5.74) is 6.58. The first kappa shape index (κ1) is 21.2. The van der Waals surface area contributed by atoms with Gasteiger partial charge in [-0.2, -0.15) is 0 Å². The molecular formula is C20H31ClN4O3. The molecule has 7 nitrogen and oxygen atoms in total. The smallest absolute Gasteiger partial charge is 0.255 e. The Labute approximate surface area is 171 Å². The Bertz CT molecular complexity index is 682. The number of amides is 1. The third-order valence-electron chi connectivity index (χ3n) is 5.80. The normalized spacial score (nSPS) is 24.1. The minimum atomic E-state index is -0.224. The molecule has 1 aromatic carbocycles. The summed E-state index contributed by atoms with van der Waals surface area (Å²) in [5, 5.41) is 6.86. The highest BCUT2D eigenvalue weighted by Crippen LogP contribution is 2.29. The fourth-order valence-corrected chi connectivity index (χ4v) is 4.30. The van der Waals surface area contributed by atoms with Gasteiger partial charge in [-0.05, 0) is 44.3 Å². The number of carbonyl (C=O) groups excluding carboxylic acids is 1. The van der Waals surface area contributed by atoms with Crippen LogP contribution in [0.1, 0.15) is 29.6 Å². The number of likely N-dealkylation sites (tertiary alicyclic amines) is 1. The number of hydrogen-bond acceptors (Lipinski definition) is 6. The molecule has 3 rings (SSSR count). The predicted octanol–water partition coefficient (Wildman–Crippen LogP) is 1.75. The van der Waals surface area contributed by atoms with Gasteiger partial charge in [0.05, 0.1) is 35.5 Å². The van der Waals surface area contributed by atoms with E-state index in [1.807, 2.05) is 0 Å². The standard InChI is InChI=1S/C20H31ClN4O3/c1-27-18-10-16(22)15(21)9-14(18)20(26)24-17-5-8-25(12-19(17)28-2)11-13-3-6-23-7-4-13/h9-10,13,17,19,23H,3-8,11-12,22H2,1-2H3,(H,24,26)/t17-,19+/m0/s1. The first-order valence-corrected chi connectivity index (χ1v) is 10.3. The van der Waals surface area contributed by atoms with E-state index in [2.05, 4.69) is 15.5 Å². The average molecular weight is 411 g/mol. The molecule has 1 aromatic rings. The molecule has 2 aliphatic rings. The first-order valence-electron chi connectivity index (χ1n) is 9.91. The highest BCUT2D eigenvalue weighted by Gasteiger charge is 2.32. The molecule has 2 heterocycles. The van der Waals surface area contributed by atoms with Crippen LogP contribution in [0, 0.1) is 5.92 Å². The molecular weight excluding hydrogens is 380 g/mol. The van der Waals surface area contributed by atoms with Crippen LogP contribution in [0.15, 0.2) is 12.1 Å². The number of halogens is 1. The molecule has 0 bridgehead atoms. The van der Waals surface area contributed by atoms with Crippen molar-refractivity contribution in [2.75, 3.05) is 52.7 Å². The third-order valence-corrected chi connectivity index (χ3v) is 6.13. The Morgan fingerprint density at radius 2 is 2.07 bits per heavy atom. The summed E-state index contributed by atoms with van der Waals surface area (Å²) in [5.74, 6) is 0.931. The Morgan fingerprint density at radius 3 is 2.75 bits per heavy atom. The summed E-state index contributed by atoms with van der Waals surface area (Å²) in [4.78, 5) is 15.3. The van der Waals surface area contributed by atoms with Crippen molar-refractivity contribution >= 4 is 23.2 Å². The topological polar surface area (TPSA) is 88.8 Å². The number of carbonyl (C=O) groups is 1. The number of anilines is 1. The lowest BCUT2D eigenvalue weighted by atomic mass is 9.95. The second-order valence-electron chi connectivity index (χ2n) is 7.67. The van der Waals surface area contributed by atoms with Gasteiger partial charge in [-0.3, -0.25) is 4.79 Å². The molecule has 2 saturated heterocycles. The van der Waals surface area contributed by atoms with Gasteiger partial charge in [0.25, 0.3) is 5.91 Å². The van der Waals surface area contributed by atoms with E-state index in [0.717, 1.165) is 45.1 Å². The predicted molar refractivity (Wildman–Crippen MR) is 111 cm³/mol. The van der Waals surface area contributed by atoms with E-state index < -0.39 is 0 Å². The monoisotopic (exact) mass is 410 g/mol. The van der Waals surface area contributed by atoms with Crippen LogP contribution < -0.4 is 21.1 Å². The zero-order valence-corrected chi connectivity index (χ0v) is 17.4. The Kier molecular flexibility index (Phi) is 7.40. The lowest BCUT2D eigenvalue weighted by molar-refractivity contribution is 0.000686. The summed E-state index contributed by atoms with van der Waals surface area (Å²) < 4.78 is 11.0. The number of ether oxygens (including phenoxy) is 2. The molecule has 2 atom stereocenters.